The molecule has 5 rings (SSSR count). The Morgan fingerprint density at radius 1 is 1.09 bits per heavy atom. The Bertz CT molecular complexity index is 1290. The van der Waals surface area contributed by atoms with Gasteiger partial charge in [-0.1, -0.05) is 17.7 Å². The highest BCUT2D eigenvalue weighted by Gasteiger charge is 2.27. The molecular formula is C22H19ClN8O. The minimum atomic E-state index is -0.347. The molecule has 1 aliphatic rings. The van der Waals surface area contributed by atoms with Gasteiger partial charge in [-0.2, -0.15) is 5.10 Å². The van der Waals surface area contributed by atoms with Crippen molar-refractivity contribution in [3.63, 3.8) is 0 Å². The van der Waals surface area contributed by atoms with E-state index >= 15 is 0 Å². The number of amides is 1. The van der Waals surface area contributed by atoms with Crippen LogP contribution in [-0.4, -0.2) is 35.6 Å². The maximum atomic E-state index is 13.2. The molecule has 0 bridgehead atoms. The van der Waals surface area contributed by atoms with Gasteiger partial charge in [0, 0.05) is 24.7 Å². The molecule has 1 fully saturated rings. The molecule has 32 heavy (non-hydrogen) atoms. The predicted octanol–water partition coefficient (Wildman–Crippen LogP) is 4.19. The molecule has 160 valence electrons. The van der Waals surface area contributed by atoms with Crippen LogP contribution >= 0.6 is 11.6 Å². The van der Waals surface area contributed by atoms with Crippen LogP contribution in [0.25, 0.3) is 11.4 Å². The van der Waals surface area contributed by atoms with Crippen molar-refractivity contribution in [1.29, 1.82) is 0 Å². The number of hydrogen-bond acceptors (Lipinski definition) is 7. The fraction of sp³-hybridized carbons (Fsp3) is 0.182. The Kier molecular flexibility index (Phi) is 5.24. The second kappa shape index (κ2) is 8.35. The second-order valence-corrected chi connectivity index (χ2v) is 7.88. The first-order valence-corrected chi connectivity index (χ1v) is 10.5. The third kappa shape index (κ3) is 4.28. The second-order valence-electron chi connectivity index (χ2n) is 7.50. The van der Waals surface area contributed by atoms with E-state index in [1.165, 1.54) is 6.33 Å². The van der Waals surface area contributed by atoms with Crippen molar-refractivity contribution < 1.29 is 4.79 Å². The minimum absolute atomic E-state index is 0.293. The third-order valence-electron chi connectivity index (χ3n) is 5.07. The van der Waals surface area contributed by atoms with Gasteiger partial charge in [0.1, 0.15) is 23.0 Å². The van der Waals surface area contributed by atoms with Gasteiger partial charge in [0.15, 0.2) is 5.69 Å². The quantitative estimate of drug-likeness (QED) is 0.427. The van der Waals surface area contributed by atoms with Gasteiger partial charge in [-0.15, -0.1) is 0 Å². The van der Waals surface area contributed by atoms with Crippen LogP contribution in [0.15, 0.2) is 55.1 Å². The van der Waals surface area contributed by atoms with Crippen LogP contribution in [0.4, 0.5) is 17.2 Å². The number of anilines is 3. The normalized spacial score (nSPS) is 13.1. The molecule has 0 aliphatic heterocycles. The molecule has 0 spiro atoms. The Balaban J connectivity index is 1.44. The summed E-state index contributed by atoms with van der Waals surface area (Å²) < 4.78 is 1.58. The number of aromatic nitrogens is 6. The zero-order valence-electron chi connectivity index (χ0n) is 17.2. The van der Waals surface area contributed by atoms with Crippen molar-refractivity contribution in [2.75, 3.05) is 10.6 Å². The molecule has 1 saturated carbocycles. The Morgan fingerprint density at radius 3 is 2.66 bits per heavy atom. The Hall–Kier alpha value is -3.85. The number of pyridine rings is 2. The SMILES string of the molecule is Cn1nc(-c2cccc(Cl)n2)cc1NC(=O)c1nc(C2CC2)ccc1Nc1cncnc1. The maximum Gasteiger partial charge on any atom is 0.277 e. The fourth-order valence-electron chi connectivity index (χ4n) is 3.31. The summed E-state index contributed by atoms with van der Waals surface area (Å²) in [7, 11) is 1.75. The molecule has 0 atom stereocenters. The molecule has 0 radical (unpaired) electrons. The first kappa shape index (κ1) is 20.1. The smallest absolute Gasteiger partial charge is 0.277 e. The van der Waals surface area contributed by atoms with Crippen molar-refractivity contribution in [1.82, 2.24) is 29.7 Å². The molecule has 0 saturated heterocycles. The summed E-state index contributed by atoms with van der Waals surface area (Å²) >= 11 is 6.00. The van der Waals surface area contributed by atoms with Crippen LogP contribution in [0.2, 0.25) is 5.15 Å². The van der Waals surface area contributed by atoms with Crippen LogP contribution in [-0.2, 0) is 7.05 Å². The predicted molar refractivity (Wildman–Crippen MR) is 121 cm³/mol. The molecule has 0 aromatic carbocycles. The summed E-state index contributed by atoms with van der Waals surface area (Å²) in [4.78, 5) is 30.2. The van der Waals surface area contributed by atoms with Crippen LogP contribution in [0, 0.1) is 0 Å². The zero-order chi connectivity index (χ0) is 22.1. The fourth-order valence-corrected chi connectivity index (χ4v) is 3.47. The average molecular weight is 447 g/mol. The van der Waals surface area contributed by atoms with Crippen LogP contribution in [0.1, 0.15) is 34.9 Å². The lowest BCUT2D eigenvalue weighted by molar-refractivity contribution is 0.102. The third-order valence-corrected chi connectivity index (χ3v) is 5.28. The first-order chi connectivity index (χ1) is 15.6. The van der Waals surface area contributed by atoms with Crippen LogP contribution in [0.5, 0.6) is 0 Å². The Labute approximate surface area is 188 Å². The van der Waals surface area contributed by atoms with Gasteiger partial charge in [-0.05, 0) is 37.1 Å². The van der Waals surface area contributed by atoms with Gasteiger partial charge in [-0.25, -0.2) is 19.9 Å². The molecule has 2 N–H and O–H groups in total. The monoisotopic (exact) mass is 446 g/mol. The summed E-state index contributed by atoms with van der Waals surface area (Å²) in [6.45, 7) is 0. The van der Waals surface area contributed by atoms with E-state index in [1.54, 1.807) is 42.3 Å². The van der Waals surface area contributed by atoms with Crippen LogP contribution < -0.4 is 10.6 Å². The number of rotatable bonds is 6. The number of carbonyl (C=O) groups excluding carboxylic acids is 1. The largest absolute Gasteiger partial charge is 0.351 e. The summed E-state index contributed by atoms with van der Waals surface area (Å²) in [6, 6.07) is 10.9. The number of aryl methyl sites for hydroxylation is 1. The van der Waals surface area contributed by atoms with Crippen molar-refractivity contribution in [2.24, 2.45) is 7.05 Å². The highest BCUT2D eigenvalue weighted by molar-refractivity contribution is 6.29. The summed E-state index contributed by atoms with van der Waals surface area (Å²) in [6.07, 6.45) is 6.89. The number of hydrogen-bond donors (Lipinski definition) is 2. The van der Waals surface area contributed by atoms with E-state index < -0.39 is 0 Å². The highest BCUT2D eigenvalue weighted by atomic mass is 35.5. The standard InChI is InChI=1S/C22H19ClN8O/c1-31-20(9-18(30-31)16-3-2-4-19(23)27-16)29-22(32)21-17(26-14-10-24-12-25-11-14)8-7-15(28-21)13-5-6-13/h2-4,7-13,26H,5-6H2,1H3,(H,29,32). The molecule has 4 aromatic rings. The molecule has 1 aliphatic carbocycles. The lowest BCUT2D eigenvalue weighted by atomic mass is 10.2. The topological polar surface area (TPSA) is 111 Å². The zero-order valence-corrected chi connectivity index (χ0v) is 17.9. The van der Waals surface area contributed by atoms with Crippen molar-refractivity contribution >= 4 is 34.7 Å². The van der Waals surface area contributed by atoms with Gasteiger partial charge in [-0.3, -0.25) is 9.48 Å². The molecule has 9 nitrogen and oxygen atoms in total. The Morgan fingerprint density at radius 2 is 1.91 bits per heavy atom. The number of carbonyl (C=O) groups is 1. The average Bonchev–Trinajstić information content (AvgIpc) is 3.58. The first-order valence-electron chi connectivity index (χ1n) is 10.1. The van der Waals surface area contributed by atoms with Gasteiger partial charge >= 0.3 is 0 Å². The lowest BCUT2D eigenvalue weighted by Crippen LogP contribution is -2.18. The van der Waals surface area contributed by atoms with Gasteiger partial charge in [0.25, 0.3) is 5.91 Å². The van der Waals surface area contributed by atoms with E-state index in [-0.39, 0.29) is 5.91 Å². The minimum Gasteiger partial charge on any atom is -0.351 e. The van der Waals surface area contributed by atoms with Crippen LogP contribution in [0.3, 0.4) is 0 Å². The maximum absolute atomic E-state index is 13.2. The van der Waals surface area contributed by atoms with Crippen molar-refractivity contribution in [2.45, 2.75) is 18.8 Å². The molecule has 10 heteroatoms. The number of halogens is 1. The molecule has 4 aromatic heterocycles. The summed E-state index contributed by atoms with van der Waals surface area (Å²) in [5.74, 6) is 0.577. The van der Waals surface area contributed by atoms with Gasteiger partial charge in [0.2, 0.25) is 0 Å². The van der Waals surface area contributed by atoms with E-state index in [9.17, 15) is 4.79 Å². The number of nitrogens with zero attached hydrogens (tertiary/aromatic N) is 6. The van der Waals surface area contributed by atoms with Gasteiger partial charge in [0.05, 0.1) is 29.5 Å². The van der Waals surface area contributed by atoms with E-state index in [2.05, 4.69) is 35.7 Å². The van der Waals surface area contributed by atoms with E-state index in [0.717, 1.165) is 18.5 Å². The van der Waals surface area contributed by atoms with E-state index in [4.69, 9.17) is 11.6 Å². The molecule has 1 amide bonds. The van der Waals surface area contributed by atoms with Gasteiger partial charge < -0.3 is 10.6 Å². The van der Waals surface area contributed by atoms with Crippen molar-refractivity contribution in [3.05, 3.63) is 71.7 Å². The highest BCUT2D eigenvalue weighted by Crippen LogP contribution is 2.39. The lowest BCUT2D eigenvalue weighted by Gasteiger charge is -2.12. The summed E-state index contributed by atoms with van der Waals surface area (Å²) in [5.41, 5.74) is 3.66. The van der Waals surface area contributed by atoms with E-state index in [0.29, 0.717) is 45.3 Å². The molecule has 0 unspecified atom stereocenters. The number of nitrogens with one attached hydrogen (secondary N) is 2. The van der Waals surface area contributed by atoms with Crippen molar-refractivity contribution in [3.8, 4) is 11.4 Å². The molecular weight excluding hydrogens is 428 g/mol. The molecule has 4 heterocycles. The summed E-state index contributed by atoms with van der Waals surface area (Å²) in [5, 5.41) is 10.9. The van der Waals surface area contributed by atoms with E-state index in [1.807, 2.05) is 18.2 Å².